The Balaban J connectivity index is 1.28. The van der Waals surface area contributed by atoms with E-state index in [2.05, 4.69) is 17.0 Å². The summed E-state index contributed by atoms with van der Waals surface area (Å²) < 4.78 is 12.3. The SMILES string of the molecule is CN(C(=O)COc1cccc2ccccc12)[C@H]1CC[C@@]2(CCCO2)C[C@@H]1N1CCCC1. The Morgan fingerprint density at radius 2 is 1.94 bits per heavy atom. The van der Waals surface area contributed by atoms with Crippen LogP contribution >= 0.6 is 0 Å². The molecule has 1 saturated carbocycles. The number of nitrogens with zero attached hydrogens (tertiary/aromatic N) is 2. The lowest BCUT2D eigenvalue weighted by Gasteiger charge is -2.48. The maximum atomic E-state index is 13.2. The summed E-state index contributed by atoms with van der Waals surface area (Å²) >= 11 is 0. The van der Waals surface area contributed by atoms with Gasteiger partial charge in [-0.15, -0.1) is 0 Å². The number of carbonyl (C=O) groups excluding carboxylic acids is 1. The minimum absolute atomic E-state index is 0.0487. The summed E-state index contributed by atoms with van der Waals surface area (Å²) in [5.41, 5.74) is 0.0487. The van der Waals surface area contributed by atoms with E-state index in [9.17, 15) is 4.79 Å². The lowest BCUT2D eigenvalue weighted by atomic mass is 9.76. The summed E-state index contributed by atoms with van der Waals surface area (Å²) in [7, 11) is 1.97. The number of carbonyl (C=O) groups is 1. The topological polar surface area (TPSA) is 42.0 Å². The number of rotatable bonds is 5. The number of ether oxygens (including phenoxy) is 2. The van der Waals surface area contributed by atoms with Gasteiger partial charge in [0.15, 0.2) is 6.61 Å². The van der Waals surface area contributed by atoms with Crippen LogP contribution < -0.4 is 4.74 Å². The maximum Gasteiger partial charge on any atom is 0.260 e. The molecule has 2 aromatic carbocycles. The monoisotopic (exact) mass is 422 g/mol. The van der Waals surface area contributed by atoms with E-state index in [0.29, 0.717) is 6.04 Å². The van der Waals surface area contributed by atoms with Crippen molar-refractivity contribution in [1.82, 2.24) is 9.80 Å². The molecule has 0 radical (unpaired) electrons. The van der Waals surface area contributed by atoms with Gasteiger partial charge in [0, 0.05) is 31.1 Å². The first kappa shape index (κ1) is 20.8. The molecule has 5 rings (SSSR count). The van der Waals surface area contributed by atoms with Gasteiger partial charge in [0.1, 0.15) is 5.75 Å². The second kappa shape index (κ2) is 8.79. The minimum Gasteiger partial charge on any atom is -0.483 e. The van der Waals surface area contributed by atoms with E-state index in [1.165, 1.54) is 25.7 Å². The van der Waals surface area contributed by atoms with Crippen molar-refractivity contribution >= 4 is 16.7 Å². The smallest absolute Gasteiger partial charge is 0.260 e. The van der Waals surface area contributed by atoms with Gasteiger partial charge in [-0.1, -0.05) is 36.4 Å². The number of fused-ring (bicyclic) bond motifs is 1. The second-order valence-electron chi connectivity index (χ2n) is 9.53. The fraction of sp³-hybridized carbons (Fsp3) is 0.577. The molecule has 31 heavy (non-hydrogen) atoms. The molecule has 166 valence electrons. The van der Waals surface area contributed by atoms with Crippen LogP contribution in [-0.4, -0.2) is 66.7 Å². The Morgan fingerprint density at radius 3 is 2.74 bits per heavy atom. The molecule has 2 heterocycles. The highest BCUT2D eigenvalue weighted by atomic mass is 16.5. The van der Waals surface area contributed by atoms with Crippen LogP contribution in [0.1, 0.15) is 44.9 Å². The molecule has 2 saturated heterocycles. The fourth-order valence-corrected chi connectivity index (χ4v) is 5.98. The molecule has 1 aliphatic carbocycles. The van der Waals surface area contributed by atoms with Gasteiger partial charge in [0.05, 0.1) is 5.60 Å². The molecule has 0 bridgehead atoms. The third-order valence-electron chi connectivity index (χ3n) is 7.71. The summed E-state index contributed by atoms with van der Waals surface area (Å²) in [6.07, 6.45) is 8.00. The van der Waals surface area contributed by atoms with Crippen LogP contribution in [0, 0.1) is 0 Å². The largest absolute Gasteiger partial charge is 0.483 e. The molecule has 1 amide bonds. The van der Waals surface area contributed by atoms with E-state index < -0.39 is 0 Å². The fourth-order valence-electron chi connectivity index (χ4n) is 5.98. The van der Waals surface area contributed by atoms with Gasteiger partial charge < -0.3 is 14.4 Å². The predicted molar refractivity (Wildman–Crippen MR) is 122 cm³/mol. The summed E-state index contributed by atoms with van der Waals surface area (Å²) in [5, 5.41) is 2.18. The molecule has 5 heteroatoms. The van der Waals surface area contributed by atoms with E-state index >= 15 is 0 Å². The maximum absolute atomic E-state index is 13.2. The zero-order valence-electron chi connectivity index (χ0n) is 18.6. The molecule has 5 nitrogen and oxygen atoms in total. The van der Waals surface area contributed by atoms with Crippen molar-refractivity contribution in [3.63, 3.8) is 0 Å². The van der Waals surface area contributed by atoms with Gasteiger partial charge >= 0.3 is 0 Å². The van der Waals surface area contributed by atoms with Crippen LogP contribution in [0.25, 0.3) is 10.8 Å². The van der Waals surface area contributed by atoms with Gasteiger partial charge in [-0.25, -0.2) is 0 Å². The van der Waals surface area contributed by atoms with Crippen molar-refractivity contribution in [2.24, 2.45) is 0 Å². The number of benzene rings is 2. The lowest BCUT2D eigenvalue weighted by molar-refractivity contribution is -0.139. The molecule has 1 spiro atoms. The Labute approximate surface area is 185 Å². The Morgan fingerprint density at radius 1 is 1.13 bits per heavy atom. The summed E-state index contributed by atoms with van der Waals surface area (Å²) in [6, 6.07) is 14.8. The van der Waals surface area contributed by atoms with Crippen LogP contribution in [0.5, 0.6) is 5.75 Å². The van der Waals surface area contributed by atoms with E-state index in [1.54, 1.807) is 0 Å². The molecule has 0 aromatic heterocycles. The Hall–Kier alpha value is -2.11. The minimum atomic E-state index is 0.0487. The molecular weight excluding hydrogens is 388 g/mol. The summed E-state index contributed by atoms with van der Waals surface area (Å²) in [6.45, 7) is 3.26. The van der Waals surface area contributed by atoms with Crippen molar-refractivity contribution in [1.29, 1.82) is 0 Å². The quantitative estimate of drug-likeness (QED) is 0.723. The third kappa shape index (κ3) is 4.18. The van der Waals surface area contributed by atoms with Gasteiger partial charge in [0.2, 0.25) is 0 Å². The molecule has 3 atom stereocenters. The highest BCUT2D eigenvalue weighted by Gasteiger charge is 2.47. The first-order valence-corrected chi connectivity index (χ1v) is 11.9. The molecular formula is C26H34N2O3. The van der Waals surface area contributed by atoms with Gasteiger partial charge in [-0.05, 0) is 69.5 Å². The normalized spacial score (nSPS) is 28.9. The Kier molecular flexibility index (Phi) is 5.89. The molecule has 3 fully saturated rings. The van der Waals surface area contributed by atoms with Gasteiger partial charge in [-0.2, -0.15) is 0 Å². The van der Waals surface area contributed by atoms with Crippen LogP contribution in [0.15, 0.2) is 42.5 Å². The summed E-state index contributed by atoms with van der Waals surface area (Å²) in [4.78, 5) is 17.8. The van der Waals surface area contributed by atoms with Gasteiger partial charge in [0.25, 0.3) is 5.91 Å². The van der Waals surface area contributed by atoms with Gasteiger partial charge in [-0.3, -0.25) is 9.69 Å². The van der Waals surface area contributed by atoms with Crippen molar-refractivity contribution < 1.29 is 14.3 Å². The van der Waals surface area contributed by atoms with Crippen LogP contribution in [0.3, 0.4) is 0 Å². The van der Waals surface area contributed by atoms with E-state index in [4.69, 9.17) is 9.47 Å². The number of amides is 1. The average Bonchev–Trinajstić information content (AvgIpc) is 3.50. The molecule has 2 aliphatic heterocycles. The predicted octanol–water partition coefficient (Wildman–Crippen LogP) is 4.24. The first-order chi connectivity index (χ1) is 15.2. The third-order valence-corrected chi connectivity index (χ3v) is 7.71. The average molecular weight is 423 g/mol. The highest BCUT2D eigenvalue weighted by molar-refractivity contribution is 5.88. The number of likely N-dealkylation sites (tertiary alicyclic amines) is 1. The van der Waals surface area contributed by atoms with Crippen LogP contribution in [0.4, 0.5) is 0 Å². The van der Waals surface area contributed by atoms with E-state index in [0.717, 1.165) is 55.5 Å². The zero-order chi connectivity index (χ0) is 21.3. The number of likely N-dealkylation sites (N-methyl/N-ethyl adjacent to an activating group) is 1. The van der Waals surface area contributed by atoms with Crippen molar-refractivity contribution in [2.75, 3.05) is 33.4 Å². The Bertz CT molecular complexity index is 913. The molecule has 0 N–H and O–H groups in total. The first-order valence-electron chi connectivity index (χ1n) is 11.9. The second-order valence-corrected chi connectivity index (χ2v) is 9.53. The summed E-state index contributed by atoms with van der Waals surface area (Å²) in [5.74, 6) is 0.836. The standard InChI is InChI=1S/C26H34N2O3/c1-27(25(29)19-30-24-11-6-9-20-8-2-3-10-21(20)24)22-12-14-26(13-7-17-31-26)18-23(22)28-15-4-5-16-28/h2-3,6,8-11,22-23H,4-5,7,12-19H2,1H3/t22-,23-,26-/m0/s1. The van der Waals surface area contributed by atoms with Crippen LogP contribution in [0.2, 0.25) is 0 Å². The zero-order valence-corrected chi connectivity index (χ0v) is 18.6. The van der Waals surface area contributed by atoms with Crippen molar-refractivity contribution in [2.45, 2.75) is 62.6 Å². The van der Waals surface area contributed by atoms with Crippen LogP contribution in [-0.2, 0) is 9.53 Å². The van der Waals surface area contributed by atoms with Crippen molar-refractivity contribution in [3.05, 3.63) is 42.5 Å². The number of hydrogen-bond donors (Lipinski definition) is 0. The molecule has 2 aromatic rings. The molecule has 3 aliphatic rings. The lowest BCUT2D eigenvalue weighted by Crippen LogP contribution is -2.58. The highest BCUT2D eigenvalue weighted by Crippen LogP contribution is 2.43. The van der Waals surface area contributed by atoms with E-state index in [-0.39, 0.29) is 24.2 Å². The molecule has 0 unspecified atom stereocenters. The number of hydrogen-bond acceptors (Lipinski definition) is 4. The van der Waals surface area contributed by atoms with E-state index in [1.807, 2.05) is 42.3 Å². The van der Waals surface area contributed by atoms with Crippen molar-refractivity contribution in [3.8, 4) is 5.75 Å².